The summed E-state index contributed by atoms with van der Waals surface area (Å²) < 4.78 is 23.6. The molecule has 3 aromatic carbocycles. The van der Waals surface area contributed by atoms with Gasteiger partial charge in [-0.2, -0.15) is 0 Å². The highest BCUT2D eigenvalue weighted by atomic mass is 16.7. The highest BCUT2D eigenvalue weighted by Crippen LogP contribution is 2.43. The second kappa shape index (κ2) is 11.0. The molecule has 29 heavy (non-hydrogen) atoms. The predicted octanol–water partition coefficient (Wildman–Crippen LogP) is 6.61. The number of ether oxygens (including phenoxy) is 4. The number of benzene rings is 3. The first-order valence-electron chi connectivity index (χ1n) is 10.6. The van der Waals surface area contributed by atoms with Crippen LogP contribution in [0.3, 0.4) is 0 Å². The van der Waals surface area contributed by atoms with Gasteiger partial charge in [0, 0.05) is 21.5 Å². The van der Waals surface area contributed by atoms with Crippen molar-refractivity contribution in [2.45, 2.75) is 46.5 Å². The monoisotopic (exact) mass is 396 g/mol. The summed E-state index contributed by atoms with van der Waals surface area (Å²) in [5.74, 6) is 1.68. The van der Waals surface area contributed by atoms with Gasteiger partial charge in [-0.25, -0.2) is 0 Å². The fraction of sp³-hybridized carbons (Fsp3) is 0.440. The number of unbranched alkanes of at least 4 members (excludes halogenated alkanes) is 2. The average Bonchev–Trinajstić information content (AvgIpc) is 2.74. The van der Waals surface area contributed by atoms with Gasteiger partial charge in [-0.1, -0.05) is 68.7 Å². The van der Waals surface area contributed by atoms with Crippen molar-refractivity contribution in [1.29, 1.82) is 0 Å². The average molecular weight is 397 g/mol. The van der Waals surface area contributed by atoms with Crippen molar-refractivity contribution >= 4 is 21.5 Å². The second-order valence-electron chi connectivity index (χ2n) is 7.30. The lowest BCUT2D eigenvalue weighted by Crippen LogP contribution is -2.07. The number of hydrogen-bond acceptors (Lipinski definition) is 4. The zero-order valence-electron chi connectivity index (χ0n) is 17.8. The van der Waals surface area contributed by atoms with Crippen LogP contribution in [0.25, 0.3) is 21.5 Å². The molecule has 0 heterocycles. The largest absolute Gasteiger partial charge is 0.466 e. The minimum atomic E-state index is 0.243. The molecule has 0 unspecified atom stereocenters. The van der Waals surface area contributed by atoms with E-state index in [1.165, 1.54) is 5.56 Å². The molecule has 0 aliphatic carbocycles. The molecule has 4 nitrogen and oxygen atoms in total. The first-order chi connectivity index (χ1) is 14.3. The summed E-state index contributed by atoms with van der Waals surface area (Å²) in [5, 5.41) is 4.10. The van der Waals surface area contributed by atoms with Crippen molar-refractivity contribution in [3.63, 3.8) is 0 Å². The molecule has 156 valence electrons. The Morgan fingerprint density at radius 3 is 1.72 bits per heavy atom. The molecule has 4 heteroatoms. The summed E-state index contributed by atoms with van der Waals surface area (Å²) in [6.45, 7) is 8.30. The van der Waals surface area contributed by atoms with Gasteiger partial charge in [-0.05, 0) is 25.8 Å². The summed E-state index contributed by atoms with van der Waals surface area (Å²) in [6.07, 6.45) is 4.29. The van der Waals surface area contributed by atoms with E-state index >= 15 is 0 Å². The summed E-state index contributed by atoms with van der Waals surface area (Å²) in [7, 11) is 0. The first-order valence-corrected chi connectivity index (χ1v) is 10.6. The Morgan fingerprint density at radius 1 is 0.655 bits per heavy atom. The van der Waals surface area contributed by atoms with Crippen molar-refractivity contribution in [1.82, 2.24) is 0 Å². The minimum Gasteiger partial charge on any atom is -0.466 e. The zero-order valence-corrected chi connectivity index (χ0v) is 17.8. The van der Waals surface area contributed by atoms with Crippen LogP contribution < -0.4 is 9.47 Å². The lowest BCUT2D eigenvalue weighted by molar-refractivity contribution is 0.0143. The van der Waals surface area contributed by atoms with Gasteiger partial charge in [0.25, 0.3) is 0 Å². The van der Waals surface area contributed by atoms with E-state index in [-0.39, 0.29) is 13.6 Å². The molecule has 0 spiro atoms. The molecule has 0 bridgehead atoms. The molecule has 3 aromatic rings. The van der Waals surface area contributed by atoms with Crippen molar-refractivity contribution in [3.05, 3.63) is 48.0 Å². The Kier molecular flexibility index (Phi) is 8.14. The number of fused-ring (bicyclic) bond motifs is 2. The van der Waals surface area contributed by atoms with Gasteiger partial charge in [0.2, 0.25) is 0 Å². The van der Waals surface area contributed by atoms with E-state index < -0.39 is 0 Å². The van der Waals surface area contributed by atoms with Crippen LogP contribution in [0.5, 0.6) is 11.5 Å². The summed E-state index contributed by atoms with van der Waals surface area (Å²) in [6, 6.07) is 14.5. The quantitative estimate of drug-likeness (QED) is 0.196. The third-order valence-electron chi connectivity index (χ3n) is 4.94. The van der Waals surface area contributed by atoms with Crippen LogP contribution in [0.1, 0.15) is 45.1 Å². The lowest BCUT2D eigenvalue weighted by atomic mass is 9.99. The Hall–Kier alpha value is -2.30. The smallest absolute Gasteiger partial charge is 0.189 e. The summed E-state index contributed by atoms with van der Waals surface area (Å²) in [5.41, 5.74) is 1.18. The molecule has 0 atom stereocenters. The van der Waals surface area contributed by atoms with E-state index in [1.54, 1.807) is 0 Å². The SMILES string of the molecule is CCCCOCOc1c2ccccc2c(OCOCCCC)c2cc(C)ccc12. The van der Waals surface area contributed by atoms with E-state index in [0.29, 0.717) is 13.2 Å². The first kappa shape index (κ1) is 21.4. The topological polar surface area (TPSA) is 36.9 Å². The molecule has 0 aliphatic rings. The maximum Gasteiger partial charge on any atom is 0.189 e. The van der Waals surface area contributed by atoms with E-state index in [1.807, 2.05) is 12.1 Å². The number of aryl methyl sites for hydroxylation is 1. The van der Waals surface area contributed by atoms with Gasteiger partial charge in [-0.15, -0.1) is 0 Å². The lowest BCUT2D eigenvalue weighted by Gasteiger charge is -2.18. The predicted molar refractivity (Wildman–Crippen MR) is 119 cm³/mol. The summed E-state index contributed by atoms with van der Waals surface area (Å²) in [4.78, 5) is 0. The maximum atomic E-state index is 6.14. The maximum absolute atomic E-state index is 6.14. The van der Waals surface area contributed by atoms with Crippen molar-refractivity contribution in [2.75, 3.05) is 26.8 Å². The fourth-order valence-corrected chi connectivity index (χ4v) is 3.34. The normalized spacial score (nSPS) is 11.3. The van der Waals surface area contributed by atoms with Crippen LogP contribution >= 0.6 is 0 Å². The Balaban J connectivity index is 1.96. The highest BCUT2D eigenvalue weighted by molar-refractivity contribution is 6.11. The van der Waals surface area contributed by atoms with Crippen LogP contribution in [-0.2, 0) is 9.47 Å². The van der Waals surface area contributed by atoms with E-state index in [0.717, 1.165) is 58.7 Å². The minimum absolute atomic E-state index is 0.243. The van der Waals surface area contributed by atoms with E-state index in [9.17, 15) is 0 Å². The molecule has 0 saturated heterocycles. The van der Waals surface area contributed by atoms with Crippen LogP contribution in [-0.4, -0.2) is 26.8 Å². The van der Waals surface area contributed by atoms with E-state index in [4.69, 9.17) is 18.9 Å². The standard InChI is InChI=1S/C25H32O4/c1-4-6-14-26-17-28-24-20-10-8-9-11-21(20)25(29-18-27-15-7-5-2)23-16-19(3)12-13-22(23)24/h8-13,16H,4-7,14-15,17-18H2,1-3H3. The van der Waals surface area contributed by atoms with Crippen LogP contribution in [0.15, 0.2) is 42.5 Å². The Labute approximate surface area is 173 Å². The zero-order chi connectivity index (χ0) is 20.5. The Bertz CT molecular complexity index is 919. The molecule has 0 aliphatic heterocycles. The number of hydrogen-bond donors (Lipinski definition) is 0. The van der Waals surface area contributed by atoms with Crippen molar-refractivity contribution in [3.8, 4) is 11.5 Å². The molecule has 0 aromatic heterocycles. The Morgan fingerprint density at radius 2 is 1.17 bits per heavy atom. The molecule has 3 rings (SSSR count). The van der Waals surface area contributed by atoms with Crippen molar-refractivity contribution < 1.29 is 18.9 Å². The van der Waals surface area contributed by atoms with Crippen molar-refractivity contribution in [2.24, 2.45) is 0 Å². The molecular weight excluding hydrogens is 364 g/mol. The molecule has 0 fully saturated rings. The van der Waals surface area contributed by atoms with Gasteiger partial charge in [-0.3, -0.25) is 0 Å². The molecule has 0 amide bonds. The summed E-state index contributed by atoms with van der Waals surface area (Å²) >= 11 is 0. The van der Waals surface area contributed by atoms with Gasteiger partial charge in [0.05, 0.1) is 13.2 Å². The fourth-order valence-electron chi connectivity index (χ4n) is 3.34. The van der Waals surface area contributed by atoms with Gasteiger partial charge >= 0.3 is 0 Å². The number of rotatable bonds is 12. The highest BCUT2D eigenvalue weighted by Gasteiger charge is 2.16. The van der Waals surface area contributed by atoms with E-state index in [2.05, 4.69) is 51.1 Å². The third kappa shape index (κ3) is 5.40. The van der Waals surface area contributed by atoms with Gasteiger partial charge < -0.3 is 18.9 Å². The molecule has 0 N–H and O–H groups in total. The van der Waals surface area contributed by atoms with Gasteiger partial charge in [0.1, 0.15) is 11.5 Å². The van der Waals surface area contributed by atoms with Crippen LogP contribution in [0.4, 0.5) is 0 Å². The second-order valence-corrected chi connectivity index (χ2v) is 7.30. The van der Waals surface area contributed by atoms with Crippen LogP contribution in [0, 0.1) is 6.92 Å². The molecule has 0 saturated carbocycles. The van der Waals surface area contributed by atoms with Gasteiger partial charge in [0.15, 0.2) is 13.6 Å². The molecule has 0 radical (unpaired) electrons. The third-order valence-corrected chi connectivity index (χ3v) is 4.94. The molecular formula is C25H32O4. The van der Waals surface area contributed by atoms with Crippen LogP contribution in [0.2, 0.25) is 0 Å².